The van der Waals surface area contributed by atoms with E-state index in [0.717, 1.165) is 11.1 Å². The predicted octanol–water partition coefficient (Wildman–Crippen LogP) is 2.86. The monoisotopic (exact) mass is 422 g/mol. The summed E-state index contributed by atoms with van der Waals surface area (Å²) in [5, 5.41) is 6.51. The first kappa shape index (κ1) is 22.6. The molecule has 0 atom stereocenters. The lowest BCUT2D eigenvalue weighted by atomic mass is 10.1. The largest absolute Gasteiger partial charge is 0.378 e. The van der Waals surface area contributed by atoms with Gasteiger partial charge in [-0.15, -0.1) is 0 Å². The molecule has 1 aromatic heterocycles. The summed E-state index contributed by atoms with van der Waals surface area (Å²) >= 11 is 0. The highest BCUT2D eigenvalue weighted by atomic mass is 16.5. The first-order valence-corrected chi connectivity index (χ1v) is 10.4. The summed E-state index contributed by atoms with van der Waals surface area (Å²) < 4.78 is 10.8. The normalized spacial score (nSPS) is 10.8. The van der Waals surface area contributed by atoms with Crippen LogP contribution in [0.2, 0.25) is 0 Å². The van der Waals surface area contributed by atoms with E-state index in [1.807, 2.05) is 42.5 Å². The maximum atomic E-state index is 5.55. The molecule has 164 valence electrons. The number of benzene rings is 2. The zero-order chi connectivity index (χ0) is 21.7. The Morgan fingerprint density at radius 1 is 0.774 bits per heavy atom. The Hall–Kier alpha value is -3.07. The molecule has 2 aromatic carbocycles. The predicted molar refractivity (Wildman–Crippen MR) is 123 cm³/mol. The SMILES string of the molecule is Cc1ccc(-c2nc(NCCOCCOCCN)nc(NCc3ccccc3)n2)cc1. The first-order chi connectivity index (χ1) is 15.2. The maximum absolute atomic E-state index is 5.55. The zero-order valence-corrected chi connectivity index (χ0v) is 17.9. The summed E-state index contributed by atoms with van der Waals surface area (Å²) in [6, 6.07) is 18.3. The van der Waals surface area contributed by atoms with Crippen molar-refractivity contribution in [1.29, 1.82) is 0 Å². The highest BCUT2D eigenvalue weighted by Gasteiger charge is 2.09. The molecule has 0 radical (unpaired) electrons. The summed E-state index contributed by atoms with van der Waals surface area (Å²) in [6.07, 6.45) is 0. The van der Waals surface area contributed by atoms with Gasteiger partial charge in [0.2, 0.25) is 11.9 Å². The molecule has 0 aliphatic heterocycles. The minimum Gasteiger partial charge on any atom is -0.378 e. The second-order valence-electron chi connectivity index (χ2n) is 6.95. The Morgan fingerprint density at radius 3 is 2.16 bits per heavy atom. The number of rotatable bonds is 13. The van der Waals surface area contributed by atoms with Gasteiger partial charge < -0.3 is 25.8 Å². The number of aromatic nitrogens is 3. The standard InChI is InChI=1S/C23H30N6O2/c1-18-7-9-20(10-8-18)21-27-22(25-12-14-31-16-15-30-13-11-24)29-23(28-21)26-17-19-5-3-2-4-6-19/h2-10H,11-17,24H2,1H3,(H2,25,26,27,28,29). The van der Waals surface area contributed by atoms with Gasteiger partial charge in [0.05, 0.1) is 26.4 Å². The third kappa shape index (κ3) is 7.93. The number of ether oxygens (including phenoxy) is 2. The third-order valence-corrected chi connectivity index (χ3v) is 4.40. The van der Waals surface area contributed by atoms with Gasteiger partial charge >= 0.3 is 0 Å². The van der Waals surface area contributed by atoms with E-state index < -0.39 is 0 Å². The van der Waals surface area contributed by atoms with Crippen molar-refractivity contribution in [3.63, 3.8) is 0 Å². The van der Waals surface area contributed by atoms with Crippen molar-refractivity contribution in [1.82, 2.24) is 15.0 Å². The van der Waals surface area contributed by atoms with E-state index in [2.05, 4.69) is 44.6 Å². The average molecular weight is 423 g/mol. The van der Waals surface area contributed by atoms with E-state index in [-0.39, 0.29) is 0 Å². The molecule has 0 spiro atoms. The first-order valence-electron chi connectivity index (χ1n) is 10.4. The lowest BCUT2D eigenvalue weighted by Gasteiger charge is -2.11. The smallest absolute Gasteiger partial charge is 0.228 e. The van der Waals surface area contributed by atoms with Gasteiger partial charge in [0, 0.05) is 25.2 Å². The van der Waals surface area contributed by atoms with E-state index >= 15 is 0 Å². The summed E-state index contributed by atoms with van der Waals surface area (Å²) in [5.41, 5.74) is 8.66. The van der Waals surface area contributed by atoms with Crippen LogP contribution in [0.1, 0.15) is 11.1 Å². The van der Waals surface area contributed by atoms with Gasteiger partial charge in [0.15, 0.2) is 5.82 Å². The molecule has 8 heteroatoms. The quantitative estimate of drug-likeness (QED) is 0.361. The van der Waals surface area contributed by atoms with Crippen molar-refractivity contribution in [2.24, 2.45) is 5.73 Å². The fourth-order valence-electron chi connectivity index (χ4n) is 2.78. The zero-order valence-electron chi connectivity index (χ0n) is 17.9. The van der Waals surface area contributed by atoms with Crippen LogP contribution in [0.5, 0.6) is 0 Å². The van der Waals surface area contributed by atoms with Crippen LogP contribution >= 0.6 is 0 Å². The summed E-state index contributed by atoms with van der Waals surface area (Å²) in [7, 11) is 0. The summed E-state index contributed by atoms with van der Waals surface area (Å²) in [5.74, 6) is 1.64. The number of nitrogens with one attached hydrogen (secondary N) is 2. The van der Waals surface area contributed by atoms with Crippen LogP contribution in [0.3, 0.4) is 0 Å². The number of nitrogens with zero attached hydrogens (tertiary/aromatic N) is 3. The van der Waals surface area contributed by atoms with Gasteiger partial charge in [-0.2, -0.15) is 15.0 Å². The van der Waals surface area contributed by atoms with Crippen LogP contribution in [0, 0.1) is 6.92 Å². The lowest BCUT2D eigenvalue weighted by molar-refractivity contribution is 0.0547. The topological polar surface area (TPSA) is 107 Å². The van der Waals surface area contributed by atoms with E-state index in [9.17, 15) is 0 Å². The van der Waals surface area contributed by atoms with Crippen molar-refractivity contribution < 1.29 is 9.47 Å². The maximum Gasteiger partial charge on any atom is 0.228 e. The fourth-order valence-corrected chi connectivity index (χ4v) is 2.78. The van der Waals surface area contributed by atoms with Crippen LogP contribution in [0.15, 0.2) is 54.6 Å². The molecular weight excluding hydrogens is 392 g/mol. The summed E-state index contributed by atoms with van der Waals surface area (Å²) in [6.45, 7) is 5.90. The van der Waals surface area contributed by atoms with Gasteiger partial charge in [-0.25, -0.2) is 0 Å². The van der Waals surface area contributed by atoms with Crippen LogP contribution in [0.25, 0.3) is 11.4 Å². The van der Waals surface area contributed by atoms with Crippen molar-refractivity contribution in [3.05, 3.63) is 65.7 Å². The molecule has 0 saturated carbocycles. The molecule has 3 rings (SSSR count). The molecule has 3 aromatic rings. The number of anilines is 2. The van der Waals surface area contributed by atoms with Crippen molar-refractivity contribution in [2.45, 2.75) is 13.5 Å². The molecule has 0 aliphatic carbocycles. The molecule has 31 heavy (non-hydrogen) atoms. The number of nitrogens with two attached hydrogens (primary N) is 1. The summed E-state index contributed by atoms with van der Waals surface area (Å²) in [4.78, 5) is 13.7. The van der Waals surface area contributed by atoms with Gasteiger partial charge in [0.25, 0.3) is 0 Å². The Bertz CT molecular complexity index is 906. The van der Waals surface area contributed by atoms with E-state index in [1.54, 1.807) is 0 Å². The van der Waals surface area contributed by atoms with Gasteiger partial charge in [-0.1, -0.05) is 60.2 Å². The van der Waals surface area contributed by atoms with Gasteiger partial charge in [-0.05, 0) is 12.5 Å². The molecular formula is C23H30N6O2. The van der Waals surface area contributed by atoms with Crippen LogP contribution in [-0.2, 0) is 16.0 Å². The Balaban J connectivity index is 1.62. The lowest BCUT2D eigenvalue weighted by Crippen LogP contribution is -2.16. The fraction of sp³-hybridized carbons (Fsp3) is 0.348. The molecule has 8 nitrogen and oxygen atoms in total. The van der Waals surface area contributed by atoms with Gasteiger partial charge in [0.1, 0.15) is 0 Å². The molecule has 0 amide bonds. The number of hydrogen-bond acceptors (Lipinski definition) is 8. The van der Waals surface area contributed by atoms with E-state index in [1.165, 1.54) is 5.56 Å². The highest BCUT2D eigenvalue weighted by Crippen LogP contribution is 2.19. The Labute approximate surface area is 183 Å². The van der Waals surface area contributed by atoms with E-state index in [0.29, 0.717) is 63.8 Å². The molecule has 0 unspecified atom stereocenters. The van der Waals surface area contributed by atoms with Crippen molar-refractivity contribution in [3.8, 4) is 11.4 Å². The third-order valence-electron chi connectivity index (χ3n) is 4.40. The molecule has 1 heterocycles. The molecule has 0 aliphatic rings. The minimum atomic E-state index is 0.504. The average Bonchev–Trinajstić information content (AvgIpc) is 2.80. The van der Waals surface area contributed by atoms with Gasteiger partial charge in [-0.3, -0.25) is 0 Å². The Kier molecular flexibility index (Phi) is 9.18. The number of hydrogen-bond donors (Lipinski definition) is 3. The molecule has 0 bridgehead atoms. The van der Waals surface area contributed by atoms with Crippen LogP contribution in [-0.4, -0.2) is 54.5 Å². The highest BCUT2D eigenvalue weighted by molar-refractivity contribution is 5.58. The second-order valence-corrected chi connectivity index (χ2v) is 6.95. The molecule has 0 saturated heterocycles. The van der Waals surface area contributed by atoms with Crippen LogP contribution in [0.4, 0.5) is 11.9 Å². The second kappa shape index (κ2) is 12.6. The van der Waals surface area contributed by atoms with Crippen molar-refractivity contribution in [2.75, 3.05) is 50.2 Å². The minimum absolute atomic E-state index is 0.504. The van der Waals surface area contributed by atoms with Crippen LogP contribution < -0.4 is 16.4 Å². The Morgan fingerprint density at radius 2 is 1.45 bits per heavy atom. The van der Waals surface area contributed by atoms with Crippen molar-refractivity contribution >= 4 is 11.9 Å². The molecule has 4 N–H and O–H groups in total. The number of aryl methyl sites for hydroxylation is 1. The molecule has 0 fully saturated rings. The van der Waals surface area contributed by atoms with E-state index in [4.69, 9.17) is 15.2 Å².